The van der Waals surface area contributed by atoms with Crippen LogP contribution in [0.1, 0.15) is 25.3 Å². The fourth-order valence-electron chi connectivity index (χ4n) is 3.51. The molecule has 2 aromatic carbocycles. The fourth-order valence-corrected chi connectivity index (χ4v) is 3.51. The minimum absolute atomic E-state index is 0.181. The van der Waals surface area contributed by atoms with Crippen LogP contribution in [-0.2, 0) is 10.3 Å². The quantitative estimate of drug-likeness (QED) is 0.669. The number of benzene rings is 2. The van der Waals surface area contributed by atoms with Crippen molar-refractivity contribution in [3.05, 3.63) is 54.1 Å². The summed E-state index contributed by atoms with van der Waals surface area (Å²) in [6.45, 7) is 4.78. The molecule has 2 fully saturated rings. The van der Waals surface area contributed by atoms with Crippen molar-refractivity contribution in [3.8, 4) is 17.2 Å². The van der Waals surface area contributed by atoms with Gasteiger partial charge in [-0.1, -0.05) is 12.1 Å². The number of epoxide rings is 1. The second-order valence-corrected chi connectivity index (χ2v) is 7.92. The van der Waals surface area contributed by atoms with Crippen molar-refractivity contribution < 1.29 is 32.1 Å². The molecular formula is C22H24F3NO4. The van der Waals surface area contributed by atoms with Gasteiger partial charge in [0.15, 0.2) is 0 Å². The highest BCUT2D eigenvalue weighted by Crippen LogP contribution is 2.38. The van der Waals surface area contributed by atoms with Gasteiger partial charge < -0.3 is 24.3 Å². The van der Waals surface area contributed by atoms with Crippen molar-refractivity contribution in [1.29, 1.82) is 0 Å². The minimum Gasteiger partial charge on any atom is -0.491 e. The average Bonchev–Trinajstić information content (AvgIpc) is 3.46. The Balaban J connectivity index is 1.48. The second kappa shape index (κ2) is 8.00. The first kappa shape index (κ1) is 20.8. The van der Waals surface area contributed by atoms with Gasteiger partial charge in [-0.25, -0.2) is 0 Å². The molecule has 0 spiro atoms. The van der Waals surface area contributed by atoms with Crippen LogP contribution in [0.4, 0.5) is 13.2 Å². The lowest BCUT2D eigenvalue weighted by Gasteiger charge is -2.38. The summed E-state index contributed by atoms with van der Waals surface area (Å²) in [7, 11) is 0. The number of hydrogen-bond acceptors (Lipinski definition) is 5. The molecular weight excluding hydrogens is 399 g/mol. The second-order valence-electron chi connectivity index (χ2n) is 7.92. The molecule has 0 bridgehead atoms. The van der Waals surface area contributed by atoms with Crippen molar-refractivity contribution in [2.75, 3.05) is 26.3 Å². The molecule has 162 valence electrons. The molecule has 4 rings (SSSR count). The number of alkyl halides is 3. The summed E-state index contributed by atoms with van der Waals surface area (Å²) >= 11 is 0. The van der Waals surface area contributed by atoms with Crippen LogP contribution in [0.15, 0.2) is 48.5 Å². The zero-order valence-electron chi connectivity index (χ0n) is 16.6. The molecule has 2 aromatic rings. The largest absolute Gasteiger partial charge is 0.573 e. The SMILES string of the molecule is CC1(COc2ccc(C3(Oc4ccc(OC(F)(F)F)cc4)CCNCC3)cc2)CO1. The third-order valence-corrected chi connectivity index (χ3v) is 5.34. The van der Waals surface area contributed by atoms with Gasteiger partial charge in [0.05, 0.1) is 6.61 Å². The molecule has 5 nitrogen and oxygen atoms in total. The molecule has 2 aliphatic heterocycles. The van der Waals surface area contributed by atoms with E-state index >= 15 is 0 Å². The van der Waals surface area contributed by atoms with Crippen LogP contribution in [0.3, 0.4) is 0 Å². The number of piperidine rings is 1. The van der Waals surface area contributed by atoms with Gasteiger partial charge >= 0.3 is 6.36 Å². The molecule has 0 amide bonds. The van der Waals surface area contributed by atoms with Crippen LogP contribution in [0, 0.1) is 0 Å². The molecule has 8 heteroatoms. The van der Waals surface area contributed by atoms with E-state index in [1.807, 2.05) is 31.2 Å². The van der Waals surface area contributed by atoms with Gasteiger partial charge in [-0.05, 0) is 62.0 Å². The van der Waals surface area contributed by atoms with Gasteiger partial charge in [-0.15, -0.1) is 13.2 Å². The lowest BCUT2D eigenvalue weighted by Crippen LogP contribution is -2.44. The zero-order valence-corrected chi connectivity index (χ0v) is 16.6. The average molecular weight is 423 g/mol. The Morgan fingerprint density at radius 3 is 2.07 bits per heavy atom. The van der Waals surface area contributed by atoms with E-state index in [0.29, 0.717) is 19.0 Å². The van der Waals surface area contributed by atoms with Crippen LogP contribution >= 0.6 is 0 Å². The first-order valence-electron chi connectivity index (χ1n) is 9.88. The number of rotatable bonds is 7. The molecule has 30 heavy (non-hydrogen) atoms. The maximum absolute atomic E-state index is 12.4. The van der Waals surface area contributed by atoms with Crippen LogP contribution < -0.4 is 19.5 Å². The molecule has 0 radical (unpaired) electrons. The predicted molar refractivity (Wildman–Crippen MR) is 104 cm³/mol. The standard InChI is InChI=1S/C22H24F3NO4/c1-20(15-28-20)14-27-17-4-2-16(3-5-17)21(10-12-26-13-11-21)29-18-6-8-19(9-7-18)30-22(23,24)25/h2-9,26H,10-15H2,1H3. The first-order valence-corrected chi connectivity index (χ1v) is 9.88. The van der Waals surface area contributed by atoms with Crippen molar-refractivity contribution >= 4 is 0 Å². The Morgan fingerprint density at radius 1 is 0.933 bits per heavy atom. The first-order chi connectivity index (χ1) is 14.3. The van der Waals surface area contributed by atoms with E-state index in [1.165, 1.54) is 24.3 Å². The van der Waals surface area contributed by atoms with Gasteiger partial charge in [0, 0.05) is 12.8 Å². The molecule has 0 aromatic heterocycles. The molecule has 1 unspecified atom stereocenters. The van der Waals surface area contributed by atoms with E-state index in [4.69, 9.17) is 14.2 Å². The summed E-state index contributed by atoms with van der Waals surface area (Å²) in [4.78, 5) is 0. The molecule has 1 N–H and O–H groups in total. The highest BCUT2D eigenvalue weighted by Gasteiger charge is 2.40. The topological polar surface area (TPSA) is 52.2 Å². The smallest absolute Gasteiger partial charge is 0.491 e. The lowest BCUT2D eigenvalue weighted by molar-refractivity contribution is -0.274. The van der Waals surface area contributed by atoms with Crippen LogP contribution in [0.2, 0.25) is 0 Å². The van der Waals surface area contributed by atoms with E-state index in [0.717, 1.165) is 37.2 Å². The monoisotopic (exact) mass is 423 g/mol. The lowest BCUT2D eigenvalue weighted by atomic mass is 9.84. The zero-order chi connectivity index (χ0) is 21.2. The molecule has 2 aliphatic rings. The summed E-state index contributed by atoms with van der Waals surface area (Å²) < 4.78 is 58.5. The van der Waals surface area contributed by atoms with E-state index < -0.39 is 12.0 Å². The summed E-state index contributed by atoms with van der Waals surface area (Å²) in [5, 5.41) is 3.32. The normalized spacial score (nSPS) is 22.9. The Kier molecular flexibility index (Phi) is 5.55. The minimum atomic E-state index is -4.72. The van der Waals surface area contributed by atoms with Crippen molar-refractivity contribution in [2.45, 2.75) is 37.3 Å². The Morgan fingerprint density at radius 2 is 1.50 bits per heavy atom. The summed E-state index contributed by atoms with van der Waals surface area (Å²) in [6.07, 6.45) is -3.24. The third kappa shape index (κ3) is 5.17. The number of halogens is 3. The number of nitrogens with one attached hydrogen (secondary N) is 1. The van der Waals surface area contributed by atoms with E-state index in [-0.39, 0.29) is 11.4 Å². The van der Waals surface area contributed by atoms with E-state index in [1.54, 1.807) is 0 Å². The highest BCUT2D eigenvalue weighted by molar-refractivity contribution is 5.36. The predicted octanol–water partition coefficient (Wildman–Crippen LogP) is 4.41. The number of hydrogen-bond donors (Lipinski definition) is 1. The van der Waals surface area contributed by atoms with Crippen LogP contribution in [-0.4, -0.2) is 38.3 Å². The number of ether oxygens (including phenoxy) is 4. The Hall–Kier alpha value is -2.45. The maximum Gasteiger partial charge on any atom is 0.573 e. The van der Waals surface area contributed by atoms with Gasteiger partial charge in [-0.3, -0.25) is 0 Å². The molecule has 0 aliphatic carbocycles. The van der Waals surface area contributed by atoms with Gasteiger partial charge in [-0.2, -0.15) is 0 Å². The highest BCUT2D eigenvalue weighted by atomic mass is 19.4. The van der Waals surface area contributed by atoms with Gasteiger partial charge in [0.1, 0.15) is 35.1 Å². The fraction of sp³-hybridized carbons (Fsp3) is 0.455. The van der Waals surface area contributed by atoms with Gasteiger partial charge in [0.25, 0.3) is 0 Å². The summed E-state index contributed by atoms with van der Waals surface area (Å²) in [5.41, 5.74) is 0.253. The van der Waals surface area contributed by atoms with Crippen molar-refractivity contribution in [2.24, 2.45) is 0 Å². The molecule has 0 saturated carbocycles. The molecule has 2 saturated heterocycles. The molecule has 2 heterocycles. The maximum atomic E-state index is 12.4. The third-order valence-electron chi connectivity index (χ3n) is 5.34. The molecule has 1 atom stereocenters. The van der Waals surface area contributed by atoms with Crippen LogP contribution in [0.5, 0.6) is 17.2 Å². The summed E-state index contributed by atoms with van der Waals surface area (Å²) in [6, 6.07) is 13.3. The van der Waals surface area contributed by atoms with Crippen molar-refractivity contribution in [1.82, 2.24) is 5.32 Å². The van der Waals surface area contributed by atoms with E-state index in [9.17, 15) is 13.2 Å². The summed E-state index contributed by atoms with van der Waals surface area (Å²) in [5.74, 6) is 0.975. The Bertz CT molecular complexity index is 842. The van der Waals surface area contributed by atoms with E-state index in [2.05, 4.69) is 10.1 Å². The van der Waals surface area contributed by atoms with Crippen molar-refractivity contribution in [3.63, 3.8) is 0 Å². The van der Waals surface area contributed by atoms with Gasteiger partial charge in [0.2, 0.25) is 0 Å². The Labute approximate surface area is 173 Å². The van der Waals surface area contributed by atoms with Crippen LogP contribution in [0.25, 0.3) is 0 Å².